The van der Waals surface area contributed by atoms with Gasteiger partial charge in [-0.2, -0.15) is 0 Å². The van der Waals surface area contributed by atoms with Crippen LogP contribution in [0.2, 0.25) is 10.0 Å². The van der Waals surface area contributed by atoms with Gasteiger partial charge in [-0.15, -0.1) is 0 Å². The summed E-state index contributed by atoms with van der Waals surface area (Å²) < 4.78 is 15.9. The van der Waals surface area contributed by atoms with Gasteiger partial charge in [-0.25, -0.2) is 9.59 Å². The Bertz CT molecular complexity index is 1290. The van der Waals surface area contributed by atoms with Crippen LogP contribution < -0.4 is 15.1 Å². The van der Waals surface area contributed by atoms with Gasteiger partial charge in [0.25, 0.3) is 0 Å². The van der Waals surface area contributed by atoms with Crippen molar-refractivity contribution in [3.05, 3.63) is 80.6 Å². The molecule has 0 atom stereocenters. The first-order chi connectivity index (χ1) is 13.5. The summed E-state index contributed by atoms with van der Waals surface area (Å²) in [4.78, 5) is 24.7. The normalized spacial score (nSPS) is 11.0. The molecule has 0 radical (unpaired) electrons. The van der Waals surface area contributed by atoms with Crippen LogP contribution in [0.1, 0.15) is 10.4 Å². The third-order valence-electron chi connectivity index (χ3n) is 4.25. The van der Waals surface area contributed by atoms with Crippen molar-refractivity contribution >= 4 is 50.9 Å². The van der Waals surface area contributed by atoms with Crippen LogP contribution in [0.4, 0.5) is 0 Å². The number of esters is 1. The Morgan fingerprint density at radius 1 is 0.893 bits per heavy atom. The molecule has 0 saturated carbocycles. The van der Waals surface area contributed by atoms with Gasteiger partial charge in [-0.3, -0.25) is 0 Å². The summed E-state index contributed by atoms with van der Waals surface area (Å²) >= 11 is 11.9. The third kappa shape index (κ3) is 3.30. The van der Waals surface area contributed by atoms with Crippen LogP contribution in [0.3, 0.4) is 0 Å². The van der Waals surface area contributed by atoms with Crippen molar-refractivity contribution in [2.75, 3.05) is 7.11 Å². The van der Waals surface area contributed by atoms with E-state index in [0.29, 0.717) is 32.5 Å². The van der Waals surface area contributed by atoms with E-state index in [2.05, 4.69) is 0 Å². The molecule has 0 saturated heterocycles. The molecule has 28 heavy (non-hydrogen) atoms. The van der Waals surface area contributed by atoms with Crippen LogP contribution in [0.25, 0.3) is 21.7 Å². The Labute approximate surface area is 169 Å². The molecule has 3 aromatic carbocycles. The maximum absolute atomic E-state index is 12.4. The second kappa shape index (κ2) is 7.19. The molecule has 0 aliphatic carbocycles. The maximum Gasteiger partial charge on any atom is 0.345 e. The smallest absolute Gasteiger partial charge is 0.345 e. The van der Waals surface area contributed by atoms with Crippen LogP contribution in [-0.2, 0) is 0 Å². The SMILES string of the molecule is COc1ccc2c(c1)c(=O)oc1cc(OC(=O)c3ccc(Cl)cc3Cl)ccc12. The van der Waals surface area contributed by atoms with E-state index >= 15 is 0 Å². The van der Waals surface area contributed by atoms with Crippen molar-refractivity contribution in [2.45, 2.75) is 0 Å². The van der Waals surface area contributed by atoms with E-state index in [1.807, 2.05) is 0 Å². The molecule has 0 spiro atoms. The molecule has 140 valence electrons. The highest BCUT2D eigenvalue weighted by Gasteiger charge is 2.15. The Hall–Kier alpha value is -3.02. The van der Waals surface area contributed by atoms with Gasteiger partial charge < -0.3 is 13.9 Å². The van der Waals surface area contributed by atoms with E-state index in [4.69, 9.17) is 37.1 Å². The highest BCUT2D eigenvalue weighted by atomic mass is 35.5. The summed E-state index contributed by atoms with van der Waals surface area (Å²) in [5.74, 6) is 0.137. The molecule has 1 aromatic heterocycles. The van der Waals surface area contributed by atoms with Crippen molar-refractivity contribution in [1.29, 1.82) is 0 Å². The zero-order valence-electron chi connectivity index (χ0n) is 14.5. The molecule has 4 aromatic rings. The van der Waals surface area contributed by atoms with Gasteiger partial charge in [0.05, 0.1) is 23.1 Å². The number of carbonyl (C=O) groups excluding carboxylic acids is 1. The second-order valence-electron chi connectivity index (χ2n) is 5.97. The van der Waals surface area contributed by atoms with E-state index in [9.17, 15) is 9.59 Å². The predicted molar refractivity (Wildman–Crippen MR) is 108 cm³/mol. The molecule has 0 aliphatic rings. The second-order valence-corrected chi connectivity index (χ2v) is 6.82. The quantitative estimate of drug-likeness (QED) is 0.192. The summed E-state index contributed by atoms with van der Waals surface area (Å²) in [6.45, 7) is 0. The van der Waals surface area contributed by atoms with Gasteiger partial charge in [0.2, 0.25) is 0 Å². The zero-order valence-corrected chi connectivity index (χ0v) is 16.0. The topological polar surface area (TPSA) is 65.7 Å². The van der Waals surface area contributed by atoms with Crippen LogP contribution >= 0.6 is 23.2 Å². The van der Waals surface area contributed by atoms with Gasteiger partial charge in [-0.05, 0) is 48.5 Å². The van der Waals surface area contributed by atoms with Crippen LogP contribution in [0.15, 0.2) is 63.8 Å². The van der Waals surface area contributed by atoms with E-state index in [1.54, 1.807) is 36.4 Å². The summed E-state index contributed by atoms with van der Waals surface area (Å²) in [5, 5.41) is 2.43. The first-order valence-corrected chi connectivity index (χ1v) is 8.94. The standard InChI is InChI=1S/C21H12Cl2O5/c1-26-12-3-6-14-15-7-4-13(10-19(15)28-21(25)17(14)9-12)27-20(24)16-5-2-11(22)8-18(16)23/h2-10H,1H3. The first kappa shape index (κ1) is 18.3. The lowest BCUT2D eigenvalue weighted by Gasteiger charge is -2.08. The molecule has 0 unspecified atom stereocenters. The molecule has 1 heterocycles. The Kier molecular flexibility index (Phi) is 4.71. The molecule has 5 nitrogen and oxygen atoms in total. The number of methoxy groups -OCH3 is 1. The zero-order chi connectivity index (χ0) is 19.8. The van der Waals surface area contributed by atoms with Gasteiger partial charge in [-0.1, -0.05) is 23.2 Å². The maximum atomic E-state index is 12.4. The molecular weight excluding hydrogens is 403 g/mol. The molecular formula is C21H12Cl2O5. The van der Waals surface area contributed by atoms with Crippen molar-refractivity contribution in [3.63, 3.8) is 0 Å². The summed E-state index contributed by atoms with van der Waals surface area (Å²) in [6, 6.07) is 14.5. The van der Waals surface area contributed by atoms with Crippen LogP contribution in [0, 0.1) is 0 Å². The molecule has 0 fully saturated rings. The van der Waals surface area contributed by atoms with E-state index < -0.39 is 11.6 Å². The highest BCUT2D eigenvalue weighted by Crippen LogP contribution is 2.29. The minimum absolute atomic E-state index is 0.179. The molecule has 4 rings (SSSR count). The monoisotopic (exact) mass is 414 g/mol. The number of hydrogen-bond donors (Lipinski definition) is 0. The van der Waals surface area contributed by atoms with Gasteiger partial charge in [0, 0.05) is 21.9 Å². The molecule has 0 aliphatic heterocycles. The van der Waals surface area contributed by atoms with E-state index in [0.717, 1.165) is 0 Å². The fourth-order valence-electron chi connectivity index (χ4n) is 2.90. The number of benzene rings is 3. The number of fused-ring (bicyclic) bond motifs is 3. The predicted octanol–water partition coefficient (Wildman–Crippen LogP) is 5.48. The molecule has 7 heteroatoms. The van der Waals surface area contributed by atoms with Gasteiger partial charge in [0.1, 0.15) is 17.1 Å². The van der Waals surface area contributed by atoms with Crippen molar-refractivity contribution in [2.24, 2.45) is 0 Å². The summed E-state index contributed by atoms with van der Waals surface area (Å²) in [5.41, 5.74) is -0.0287. The summed E-state index contributed by atoms with van der Waals surface area (Å²) in [6.07, 6.45) is 0. The van der Waals surface area contributed by atoms with Gasteiger partial charge in [0.15, 0.2) is 0 Å². The fraction of sp³-hybridized carbons (Fsp3) is 0.0476. The van der Waals surface area contributed by atoms with Crippen LogP contribution in [0.5, 0.6) is 11.5 Å². The minimum atomic E-state index is -0.645. The largest absolute Gasteiger partial charge is 0.497 e. The Morgan fingerprint density at radius 3 is 2.39 bits per heavy atom. The lowest BCUT2D eigenvalue weighted by molar-refractivity contribution is 0.0735. The lowest BCUT2D eigenvalue weighted by atomic mass is 10.1. The number of carbonyl (C=O) groups is 1. The first-order valence-electron chi connectivity index (χ1n) is 8.18. The minimum Gasteiger partial charge on any atom is -0.497 e. The number of rotatable bonds is 3. The van der Waals surface area contributed by atoms with Gasteiger partial charge >= 0.3 is 11.6 Å². The average Bonchev–Trinajstić information content (AvgIpc) is 2.67. The third-order valence-corrected chi connectivity index (χ3v) is 4.80. The Balaban J connectivity index is 1.74. The van der Waals surface area contributed by atoms with Crippen molar-refractivity contribution in [1.82, 2.24) is 0 Å². The van der Waals surface area contributed by atoms with Crippen molar-refractivity contribution in [3.8, 4) is 11.5 Å². The number of hydrogen-bond acceptors (Lipinski definition) is 5. The van der Waals surface area contributed by atoms with Crippen LogP contribution in [-0.4, -0.2) is 13.1 Å². The number of ether oxygens (including phenoxy) is 2. The van der Waals surface area contributed by atoms with Crippen molar-refractivity contribution < 1.29 is 18.7 Å². The van der Waals surface area contributed by atoms with E-state index in [-0.39, 0.29) is 16.3 Å². The molecule has 0 amide bonds. The molecule has 0 bridgehead atoms. The van der Waals surface area contributed by atoms with E-state index in [1.165, 1.54) is 25.3 Å². The average molecular weight is 415 g/mol. The fourth-order valence-corrected chi connectivity index (χ4v) is 3.38. The highest BCUT2D eigenvalue weighted by molar-refractivity contribution is 6.36. The number of halogens is 2. The lowest BCUT2D eigenvalue weighted by Crippen LogP contribution is -2.09. The Morgan fingerprint density at radius 2 is 1.64 bits per heavy atom. The summed E-state index contributed by atoms with van der Waals surface area (Å²) in [7, 11) is 1.53. The molecule has 0 N–H and O–H groups in total.